The Hall–Kier alpha value is -2.74. The minimum Gasteiger partial charge on any atom is -0.497 e. The van der Waals surface area contributed by atoms with Gasteiger partial charge in [0.2, 0.25) is 5.91 Å². The van der Waals surface area contributed by atoms with Crippen molar-refractivity contribution in [1.29, 1.82) is 0 Å². The Bertz CT molecular complexity index is 905. The van der Waals surface area contributed by atoms with Crippen LogP contribution in [0.3, 0.4) is 0 Å². The number of ether oxygens (including phenoxy) is 2. The van der Waals surface area contributed by atoms with Crippen LogP contribution in [0.2, 0.25) is 0 Å². The quantitative estimate of drug-likeness (QED) is 0.655. The van der Waals surface area contributed by atoms with Gasteiger partial charge in [0.1, 0.15) is 11.5 Å². The Balaban J connectivity index is 1.79. The monoisotopic (exact) mass is 436 g/mol. The van der Waals surface area contributed by atoms with Crippen molar-refractivity contribution < 1.29 is 27.4 Å². The van der Waals surface area contributed by atoms with Crippen LogP contribution in [0.1, 0.15) is 17.5 Å². The summed E-state index contributed by atoms with van der Waals surface area (Å²) in [6.07, 6.45) is -4.90. The molecule has 0 saturated carbocycles. The molecule has 1 atom stereocenters. The van der Waals surface area contributed by atoms with Crippen LogP contribution in [-0.2, 0) is 17.9 Å². The third kappa shape index (κ3) is 4.79. The predicted octanol–water partition coefficient (Wildman–Crippen LogP) is 4.12. The first-order chi connectivity index (χ1) is 14.7. The molecule has 1 aliphatic heterocycles. The van der Waals surface area contributed by atoms with Gasteiger partial charge in [-0.05, 0) is 30.7 Å². The van der Waals surface area contributed by atoms with E-state index in [-0.39, 0.29) is 26.1 Å². The van der Waals surface area contributed by atoms with E-state index in [0.717, 1.165) is 10.5 Å². The minimum absolute atomic E-state index is 0.00250. The molecule has 1 aliphatic rings. The van der Waals surface area contributed by atoms with E-state index in [1.165, 1.54) is 21.3 Å². The van der Waals surface area contributed by atoms with Gasteiger partial charge in [0, 0.05) is 38.3 Å². The average Bonchev–Trinajstić information content (AvgIpc) is 3.19. The van der Waals surface area contributed by atoms with Gasteiger partial charge in [-0.15, -0.1) is 0 Å². The van der Waals surface area contributed by atoms with E-state index in [1.54, 1.807) is 23.1 Å². The van der Waals surface area contributed by atoms with Gasteiger partial charge in [-0.3, -0.25) is 9.69 Å². The SMILES string of the molecule is COc1ccc(CN(C)C(=O)C2(C(F)(F)F)CCN(Cc3ccccc3)C2)c(OC)c1. The molecule has 1 heterocycles. The fourth-order valence-electron chi connectivity index (χ4n) is 4.07. The lowest BCUT2D eigenvalue weighted by molar-refractivity contribution is -0.223. The largest absolute Gasteiger partial charge is 0.497 e. The highest BCUT2D eigenvalue weighted by Crippen LogP contribution is 2.47. The third-order valence-electron chi connectivity index (χ3n) is 5.80. The number of methoxy groups -OCH3 is 2. The number of alkyl halides is 3. The number of carbonyl (C=O) groups is 1. The average molecular weight is 436 g/mol. The molecule has 1 saturated heterocycles. The normalized spacial score (nSPS) is 19.3. The lowest BCUT2D eigenvalue weighted by Gasteiger charge is -2.34. The number of carbonyl (C=O) groups excluding carboxylic acids is 1. The molecular formula is C23H27F3N2O3. The lowest BCUT2D eigenvalue weighted by atomic mass is 9.84. The molecule has 0 spiro atoms. The summed E-state index contributed by atoms with van der Waals surface area (Å²) in [6.45, 7) is 0.235. The number of hydrogen-bond acceptors (Lipinski definition) is 4. The maximum absolute atomic E-state index is 14.2. The minimum atomic E-state index is -4.65. The topological polar surface area (TPSA) is 42.0 Å². The Labute approximate surface area is 180 Å². The lowest BCUT2D eigenvalue weighted by Crippen LogP contribution is -2.52. The molecule has 1 unspecified atom stereocenters. The van der Waals surface area contributed by atoms with Gasteiger partial charge in [-0.1, -0.05) is 30.3 Å². The first kappa shape index (κ1) is 22.9. The molecule has 3 rings (SSSR count). The fourth-order valence-corrected chi connectivity index (χ4v) is 4.07. The second kappa shape index (κ2) is 9.18. The van der Waals surface area contributed by atoms with Crippen LogP contribution < -0.4 is 9.47 Å². The van der Waals surface area contributed by atoms with E-state index >= 15 is 0 Å². The fraction of sp³-hybridized carbons (Fsp3) is 0.435. The zero-order valence-electron chi connectivity index (χ0n) is 17.9. The highest BCUT2D eigenvalue weighted by Gasteiger charge is 2.63. The van der Waals surface area contributed by atoms with Crippen molar-refractivity contribution in [2.45, 2.75) is 25.7 Å². The summed E-state index contributed by atoms with van der Waals surface area (Å²) in [6, 6.07) is 14.3. The van der Waals surface area contributed by atoms with Gasteiger partial charge in [-0.25, -0.2) is 0 Å². The van der Waals surface area contributed by atoms with Crippen LogP contribution in [-0.4, -0.2) is 56.2 Å². The summed E-state index contributed by atoms with van der Waals surface area (Å²) in [5.41, 5.74) is -0.893. The number of benzene rings is 2. The Morgan fingerprint density at radius 1 is 1.13 bits per heavy atom. The third-order valence-corrected chi connectivity index (χ3v) is 5.80. The maximum Gasteiger partial charge on any atom is 0.404 e. The number of amides is 1. The van der Waals surface area contributed by atoms with Gasteiger partial charge in [0.15, 0.2) is 5.41 Å². The molecular weight excluding hydrogens is 409 g/mol. The summed E-state index contributed by atoms with van der Waals surface area (Å²) in [5, 5.41) is 0. The van der Waals surface area contributed by atoms with Crippen molar-refractivity contribution in [3.05, 3.63) is 59.7 Å². The van der Waals surface area contributed by atoms with Gasteiger partial charge < -0.3 is 14.4 Å². The van der Waals surface area contributed by atoms with Crippen LogP contribution in [0.4, 0.5) is 13.2 Å². The van der Waals surface area contributed by atoms with E-state index in [1.807, 2.05) is 30.3 Å². The van der Waals surface area contributed by atoms with Crippen molar-refractivity contribution in [2.24, 2.45) is 5.41 Å². The van der Waals surface area contributed by atoms with Gasteiger partial charge in [0.05, 0.1) is 14.2 Å². The van der Waals surface area contributed by atoms with E-state index in [4.69, 9.17) is 9.47 Å². The standard InChI is InChI=1S/C23H27F3N2O3/c1-27(15-18-9-10-19(30-2)13-20(18)31-3)21(29)22(23(24,25)26)11-12-28(16-22)14-17-7-5-4-6-8-17/h4-10,13H,11-12,14-16H2,1-3H3. The molecule has 0 radical (unpaired) electrons. The van der Waals surface area contributed by atoms with E-state index < -0.39 is 17.5 Å². The first-order valence-corrected chi connectivity index (χ1v) is 9.99. The number of rotatable bonds is 7. The second-order valence-corrected chi connectivity index (χ2v) is 7.87. The van der Waals surface area contributed by atoms with E-state index in [2.05, 4.69) is 0 Å². The first-order valence-electron chi connectivity index (χ1n) is 9.99. The van der Waals surface area contributed by atoms with Gasteiger partial charge in [-0.2, -0.15) is 13.2 Å². The van der Waals surface area contributed by atoms with Crippen molar-refractivity contribution >= 4 is 5.91 Å². The predicted molar refractivity (Wildman–Crippen MR) is 111 cm³/mol. The molecule has 2 aromatic rings. The molecule has 31 heavy (non-hydrogen) atoms. The smallest absolute Gasteiger partial charge is 0.404 e. The number of hydrogen-bond donors (Lipinski definition) is 0. The molecule has 2 aromatic carbocycles. The van der Waals surface area contributed by atoms with Crippen molar-refractivity contribution in [3.8, 4) is 11.5 Å². The molecule has 0 aromatic heterocycles. The van der Waals surface area contributed by atoms with Gasteiger partial charge in [0.25, 0.3) is 0 Å². The second-order valence-electron chi connectivity index (χ2n) is 7.87. The Morgan fingerprint density at radius 3 is 2.45 bits per heavy atom. The summed E-state index contributed by atoms with van der Waals surface area (Å²) in [5.74, 6) is 0.0966. The summed E-state index contributed by atoms with van der Waals surface area (Å²) < 4.78 is 53.1. The molecule has 8 heteroatoms. The van der Waals surface area contributed by atoms with Crippen LogP contribution in [0, 0.1) is 5.41 Å². The molecule has 5 nitrogen and oxygen atoms in total. The maximum atomic E-state index is 14.2. The molecule has 0 bridgehead atoms. The van der Waals surface area contributed by atoms with Crippen LogP contribution in [0.5, 0.6) is 11.5 Å². The zero-order chi connectivity index (χ0) is 22.6. The van der Waals surface area contributed by atoms with E-state index in [0.29, 0.717) is 23.6 Å². The Kier molecular flexibility index (Phi) is 6.79. The number of nitrogens with zero attached hydrogens (tertiary/aromatic N) is 2. The highest BCUT2D eigenvalue weighted by molar-refractivity contribution is 5.84. The zero-order valence-corrected chi connectivity index (χ0v) is 17.9. The molecule has 1 amide bonds. The highest BCUT2D eigenvalue weighted by atomic mass is 19.4. The van der Waals surface area contributed by atoms with Crippen molar-refractivity contribution in [2.75, 3.05) is 34.4 Å². The molecule has 0 N–H and O–H groups in total. The van der Waals surface area contributed by atoms with Gasteiger partial charge >= 0.3 is 6.18 Å². The molecule has 168 valence electrons. The molecule has 0 aliphatic carbocycles. The van der Waals surface area contributed by atoms with E-state index in [9.17, 15) is 18.0 Å². The van der Waals surface area contributed by atoms with Crippen LogP contribution >= 0.6 is 0 Å². The van der Waals surface area contributed by atoms with Crippen LogP contribution in [0.25, 0.3) is 0 Å². The summed E-state index contributed by atoms with van der Waals surface area (Å²) in [4.78, 5) is 16.0. The van der Waals surface area contributed by atoms with Crippen molar-refractivity contribution in [1.82, 2.24) is 9.80 Å². The Morgan fingerprint density at radius 2 is 1.84 bits per heavy atom. The summed E-state index contributed by atoms with van der Waals surface area (Å²) in [7, 11) is 4.38. The number of halogens is 3. The van der Waals surface area contributed by atoms with Crippen LogP contribution in [0.15, 0.2) is 48.5 Å². The van der Waals surface area contributed by atoms with Crippen molar-refractivity contribution in [3.63, 3.8) is 0 Å². The summed E-state index contributed by atoms with van der Waals surface area (Å²) >= 11 is 0. The molecule has 1 fully saturated rings. The number of likely N-dealkylation sites (tertiary alicyclic amines) is 1.